The van der Waals surface area contributed by atoms with Crippen molar-refractivity contribution in [2.45, 2.75) is 22.8 Å². The number of sulfonamides is 1. The summed E-state index contributed by atoms with van der Waals surface area (Å²) < 4.78 is 27.0. The van der Waals surface area contributed by atoms with Crippen LogP contribution in [0.3, 0.4) is 0 Å². The van der Waals surface area contributed by atoms with Crippen LogP contribution in [0.15, 0.2) is 40.5 Å². The molecular weight excluding hydrogens is 450 g/mol. The molecule has 0 aliphatic carbocycles. The van der Waals surface area contributed by atoms with E-state index in [0.717, 1.165) is 25.9 Å². The van der Waals surface area contributed by atoms with Gasteiger partial charge in [0.1, 0.15) is 10.6 Å². The second kappa shape index (κ2) is 9.74. The molecule has 0 bridgehead atoms. The molecule has 2 aromatic heterocycles. The number of carbonyl (C=O) groups excluding carboxylic acids is 2. The molecule has 2 saturated heterocycles. The summed E-state index contributed by atoms with van der Waals surface area (Å²) in [7, 11) is -1.59. The third-order valence-electron chi connectivity index (χ3n) is 5.79. The lowest BCUT2D eigenvalue weighted by Crippen LogP contribution is -2.47. The molecule has 4 rings (SSSR count). The monoisotopic (exact) mass is 477 g/mol. The molecular formula is C21H27N5O4S2. The van der Waals surface area contributed by atoms with Crippen molar-refractivity contribution in [3.05, 3.63) is 41.9 Å². The third-order valence-corrected chi connectivity index (χ3v) is 8.62. The first-order chi connectivity index (χ1) is 15.3. The van der Waals surface area contributed by atoms with Gasteiger partial charge in [-0.3, -0.25) is 9.59 Å². The zero-order valence-corrected chi connectivity index (χ0v) is 19.6. The number of nitrogens with one attached hydrogen (secondary N) is 1. The van der Waals surface area contributed by atoms with Crippen LogP contribution in [-0.2, 0) is 10.0 Å². The molecule has 2 fully saturated rings. The van der Waals surface area contributed by atoms with Crippen LogP contribution in [0, 0.1) is 0 Å². The van der Waals surface area contributed by atoms with Crippen LogP contribution in [0.1, 0.15) is 33.7 Å². The molecule has 9 nitrogen and oxygen atoms in total. The van der Waals surface area contributed by atoms with E-state index in [1.165, 1.54) is 28.3 Å². The van der Waals surface area contributed by atoms with Crippen molar-refractivity contribution in [3.8, 4) is 0 Å². The molecule has 4 heterocycles. The number of ketones is 1. The molecule has 1 N–H and O–H groups in total. The number of Topliss-reactive ketones (excluding diaryl/α,β-unsaturated/α-hetero) is 1. The van der Waals surface area contributed by atoms with Gasteiger partial charge in [-0.15, -0.1) is 0 Å². The number of rotatable bonds is 7. The number of aromatic nitrogens is 2. The Hall–Kier alpha value is -2.21. The van der Waals surface area contributed by atoms with Gasteiger partial charge in [-0.2, -0.15) is 4.31 Å². The van der Waals surface area contributed by atoms with Crippen molar-refractivity contribution in [2.75, 3.05) is 52.1 Å². The Morgan fingerprint density at radius 1 is 1.09 bits per heavy atom. The summed E-state index contributed by atoms with van der Waals surface area (Å²) in [5.74, 6) is -0.0529. The first kappa shape index (κ1) is 23.0. The second-order valence-electron chi connectivity index (χ2n) is 8.05. The number of hydrogen-bond donors (Lipinski definition) is 1. The van der Waals surface area contributed by atoms with Crippen molar-refractivity contribution < 1.29 is 18.0 Å². The van der Waals surface area contributed by atoms with Crippen LogP contribution < -0.4 is 0 Å². The Morgan fingerprint density at radius 2 is 1.81 bits per heavy atom. The number of likely N-dealkylation sites (tertiary alicyclic amines) is 1. The van der Waals surface area contributed by atoms with Crippen molar-refractivity contribution >= 4 is 33.5 Å². The van der Waals surface area contributed by atoms with Gasteiger partial charge in [0, 0.05) is 57.2 Å². The largest absolute Gasteiger partial charge is 0.356 e. The van der Waals surface area contributed by atoms with E-state index in [4.69, 9.17) is 0 Å². The lowest BCUT2D eigenvalue weighted by molar-refractivity contribution is 0.0787. The minimum Gasteiger partial charge on any atom is -0.356 e. The average molecular weight is 478 g/mol. The number of pyridine rings is 1. The summed E-state index contributed by atoms with van der Waals surface area (Å²) in [6, 6.07) is 4.76. The predicted octanol–water partition coefficient (Wildman–Crippen LogP) is 1.56. The van der Waals surface area contributed by atoms with Crippen molar-refractivity contribution in [1.82, 2.24) is 24.1 Å². The fraction of sp³-hybridized carbons (Fsp3) is 0.476. The number of H-pyrrole nitrogens is 1. The highest BCUT2D eigenvalue weighted by Gasteiger charge is 2.27. The maximum atomic E-state index is 12.8. The van der Waals surface area contributed by atoms with Gasteiger partial charge in [0.2, 0.25) is 10.0 Å². The summed E-state index contributed by atoms with van der Waals surface area (Å²) in [4.78, 5) is 36.1. The highest BCUT2D eigenvalue weighted by atomic mass is 32.2. The van der Waals surface area contributed by atoms with Gasteiger partial charge in [0.05, 0.1) is 10.8 Å². The number of piperazine rings is 1. The molecule has 1 amide bonds. The van der Waals surface area contributed by atoms with Gasteiger partial charge < -0.3 is 14.8 Å². The van der Waals surface area contributed by atoms with Crippen molar-refractivity contribution in [3.63, 3.8) is 0 Å². The Kier molecular flexibility index (Phi) is 6.99. The number of amides is 1. The van der Waals surface area contributed by atoms with E-state index in [0.29, 0.717) is 42.5 Å². The summed E-state index contributed by atoms with van der Waals surface area (Å²) in [6.45, 7) is 3.83. The molecule has 2 aromatic rings. The summed E-state index contributed by atoms with van der Waals surface area (Å²) in [6.07, 6.45) is 4.93. The minimum atomic E-state index is -3.56. The quantitative estimate of drug-likeness (QED) is 0.476. The molecule has 172 valence electrons. The Morgan fingerprint density at radius 3 is 2.47 bits per heavy atom. The zero-order valence-electron chi connectivity index (χ0n) is 18.0. The van der Waals surface area contributed by atoms with Crippen LogP contribution in [0.5, 0.6) is 0 Å². The van der Waals surface area contributed by atoms with E-state index in [9.17, 15) is 18.0 Å². The first-order valence-corrected chi connectivity index (χ1v) is 13.1. The van der Waals surface area contributed by atoms with E-state index in [1.807, 2.05) is 7.05 Å². The van der Waals surface area contributed by atoms with E-state index >= 15 is 0 Å². The highest BCUT2D eigenvalue weighted by Crippen LogP contribution is 2.22. The molecule has 2 aliphatic heterocycles. The summed E-state index contributed by atoms with van der Waals surface area (Å²) >= 11 is 1.24. The van der Waals surface area contributed by atoms with E-state index in [2.05, 4.69) is 14.9 Å². The molecule has 0 unspecified atom stereocenters. The number of hydrogen-bond acceptors (Lipinski definition) is 7. The van der Waals surface area contributed by atoms with E-state index in [-0.39, 0.29) is 22.3 Å². The van der Waals surface area contributed by atoms with Gasteiger partial charge in [-0.25, -0.2) is 13.4 Å². The summed E-state index contributed by atoms with van der Waals surface area (Å²) in [5.41, 5.74) is 0.881. The van der Waals surface area contributed by atoms with Crippen molar-refractivity contribution in [1.29, 1.82) is 0 Å². The average Bonchev–Trinajstić information content (AvgIpc) is 3.50. The van der Waals surface area contributed by atoms with E-state index < -0.39 is 10.0 Å². The van der Waals surface area contributed by atoms with E-state index in [1.54, 1.807) is 23.2 Å². The Balaban J connectivity index is 1.33. The van der Waals surface area contributed by atoms with Crippen LogP contribution in [-0.4, -0.2) is 96.3 Å². The van der Waals surface area contributed by atoms with Crippen molar-refractivity contribution in [2.24, 2.45) is 0 Å². The van der Waals surface area contributed by atoms with Crippen LogP contribution in [0.4, 0.5) is 0 Å². The number of carbonyl (C=O) groups is 2. The normalized spacial score (nSPS) is 18.2. The number of thioether (sulfide) groups is 1. The molecule has 0 spiro atoms. The summed E-state index contributed by atoms with van der Waals surface area (Å²) in [5, 5.41) is 0.569. The fourth-order valence-corrected chi connectivity index (χ4v) is 5.88. The number of aromatic amines is 1. The van der Waals surface area contributed by atoms with Crippen LogP contribution >= 0.6 is 11.8 Å². The molecule has 2 aliphatic rings. The van der Waals surface area contributed by atoms with Gasteiger partial charge in [-0.1, -0.05) is 11.8 Å². The minimum absolute atomic E-state index is 0.0759. The first-order valence-electron chi connectivity index (χ1n) is 10.6. The molecule has 32 heavy (non-hydrogen) atoms. The Labute approximate surface area is 192 Å². The lowest BCUT2D eigenvalue weighted by Gasteiger charge is -2.31. The predicted molar refractivity (Wildman–Crippen MR) is 121 cm³/mol. The topological polar surface area (TPSA) is 107 Å². The zero-order chi connectivity index (χ0) is 22.7. The van der Waals surface area contributed by atoms with Gasteiger partial charge in [0.25, 0.3) is 5.91 Å². The fourth-order valence-electron chi connectivity index (χ4n) is 3.77. The van der Waals surface area contributed by atoms with Gasteiger partial charge >= 0.3 is 0 Å². The van der Waals surface area contributed by atoms with Crippen LogP contribution in [0.2, 0.25) is 0 Å². The molecule has 11 heteroatoms. The SMILES string of the molecule is CN1CCN(S(=O)(=O)c2ccc(SCC(=O)c3c[nH]c(C(=O)N4CCCC4)c3)nc2)CC1. The maximum absolute atomic E-state index is 12.8. The molecule has 0 aromatic carbocycles. The Bertz CT molecular complexity index is 1070. The highest BCUT2D eigenvalue weighted by molar-refractivity contribution is 7.99. The number of likely N-dealkylation sites (N-methyl/N-ethyl adjacent to an activating group) is 1. The van der Waals surface area contributed by atoms with Gasteiger partial charge in [0.15, 0.2) is 5.78 Å². The molecule has 0 saturated carbocycles. The van der Waals surface area contributed by atoms with Crippen LogP contribution in [0.25, 0.3) is 0 Å². The second-order valence-corrected chi connectivity index (χ2v) is 11.0. The number of nitrogens with zero attached hydrogens (tertiary/aromatic N) is 4. The third kappa shape index (κ3) is 5.06. The maximum Gasteiger partial charge on any atom is 0.270 e. The smallest absolute Gasteiger partial charge is 0.270 e. The molecule has 0 atom stereocenters. The molecule has 0 radical (unpaired) electrons. The van der Waals surface area contributed by atoms with Gasteiger partial charge in [-0.05, 0) is 38.1 Å². The standard InChI is InChI=1S/C21H27N5O4S2/c1-24-8-10-26(11-9-24)32(29,30)17-4-5-20(23-14-17)31-15-19(27)16-12-18(22-13-16)21(28)25-6-2-3-7-25/h4-5,12-14,22H,2-3,6-11,15H2,1H3. The lowest BCUT2D eigenvalue weighted by atomic mass is 10.2.